The second-order valence-electron chi connectivity index (χ2n) is 3.81. The normalized spacial score (nSPS) is 16.8. The molecule has 1 aromatic heterocycles. The first-order chi connectivity index (χ1) is 7.78. The van der Waals surface area contributed by atoms with E-state index in [-0.39, 0.29) is 12.1 Å². The maximum atomic E-state index is 11.7. The number of hydrogen-bond acceptors (Lipinski definition) is 4. The van der Waals surface area contributed by atoms with Gasteiger partial charge in [0.2, 0.25) is 0 Å². The fraction of sp³-hybridized carbons (Fsp3) is 0.583. The summed E-state index contributed by atoms with van der Waals surface area (Å²) in [5.74, 6) is 0.191. The van der Waals surface area contributed by atoms with Crippen LogP contribution in [0.4, 0.5) is 0 Å². The van der Waals surface area contributed by atoms with Crippen LogP contribution in [0.15, 0.2) is 12.1 Å². The number of thiophene rings is 1. The highest BCUT2D eigenvalue weighted by Gasteiger charge is 2.19. The van der Waals surface area contributed by atoms with E-state index >= 15 is 0 Å². The quantitative estimate of drug-likeness (QED) is 0.791. The Hall–Kier alpha value is -0.710. The average Bonchev–Trinajstić information content (AvgIpc) is 2.89. The van der Waals surface area contributed by atoms with Gasteiger partial charge in [0.15, 0.2) is 6.29 Å². The van der Waals surface area contributed by atoms with Crippen molar-refractivity contribution >= 4 is 17.1 Å². The zero-order valence-electron chi connectivity index (χ0n) is 9.40. The van der Waals surface area contributed by atoms with Crippen LogP contribution in [0.25, 0.3) is 0 Å². The highest BCUT2D eigenvalue weighted by molar-refractivity contribution is 7.12. The third kappa shape index (κ3) is 3.14. The molecule has 0 radical (unpaired) electrons. The van der Waals surface area contributed by atoms with E-state index in [2.05, 4.69) is 13.0 Å². The van der Waals surface area contributed by atoms with E-state index in [1.54, 1.807) is 11.3 Å². The Balaban J connectivity index is 1.81. The number of rotatable bonds is 5. The lowest BCUT2D eigenvalue weighted by atomic mass is 10.2. The lowest BCUT2D eigenvalue weighted by molar-refractivity contribution is -0.126. The molecule has 1 aliphatic heterocycles. The van der Waals surface area contributed by atoms with Gasteiger partial charge in [0.25, 0.3) is 0 Å². The Bertz CT molecular complexity index is 353. The number of ether oxygens (including phenoxy) is 2. The van der Waals surface area contributed by atoms with Crippen LogP contribution in [0.2, 0.25) is 0 Å². The molecule has 1 fully saturated rings. The molecule has 3 nitrogen and oxygen atoms in total. The van der Waals surface area contributed by atoms with Crippen LogP contribution in [0, 0.1) is 0 Å². The molecule has 0 N–H and O–H groups in total. The molecule has 1 saturated heterocycles. The summed E-state index contributed by atoms with van der Waals surface area (Å²) in [5.41, 5.74) is 0. The van der Waals surface area contributed by atoms with Gasteiger partial charge in [-0.2, -0.15) is 0 Å². The number of carbonyl (C=O) groups excluding carboxylic acids is 1. The molecular formula is C12H16O3S. The third-order valence-corrected chi connectivity index (χ3v) is 3.75. The number of carbonyl (C=O) groups is 1. The molecule has 1 aliphatic rings. The van der Waals surface area contributed by atoms with Gasteiger partial charge in [-0.1, -0.05) is 6.92 Å². The summed E-state index contributed by atoms with van der Waals surface area (Å²) < 4.78 is 10.5. The van der Waals surface area contributed by atoms with Crippen molar-refractivity contribution in [1.82, 2.24) is 0 Å². The van der Waals surface area contributed by atoms with E-state index in [0.717, 1.165) is 11.3 Å². The smallest absolute Gasteiger partial charge is 0.164 e. The molecular weight excluding hydrogens is 224 g/mol. The molecule has 88 valence electrons. The Morgan fingerprint density at radius 3 is 2.69 bits per heavy atom. The Kier molecular flexibility index (Phi) is 4.09. The van der Waals surface area contributed by atoms with E-state index in [9.17, 15) is 4.79 Å². The molecule has 0 amide bonds. The van der Waals surface area contributed by atoms with Gasteiger partial charge < -0.3 is 9.47 Å². The number of aryl methyl sites for hydroxylation is 1. The molecule has 0 saturated carbocycles. The highest BCUT2D eigenvalue weighted by atomic mass is 32.1. The van der Waals surface area contributed by atoms with E-state index in [4.69, 9.17) is 9.47 Å². The molecule has 0 aromatic carbocycles. The van der Waals surface area contributed by atoms with Gasteiger partial charge in [-0.3, -0.25) is 4.79 Å². The topological polar surface area (TPSA) is 35.5 Å². The maximum absolute atomic E-state index is 11.7. The molecule has 2 rings (SSSR count). The molecule has 4 heteroatoms. The van der Waals surface area contributed by atoms with Crippen molar-refractivity contribution in [3.8, 4) is 0 Å². The highest BCUT2D eigenvalue weighted by Crippen LogP contribution is 2.19. The predicted molar refractivity (Wildman–Crippen MR) is 62.7 cm³/mol. The maximum Gasteiger partial charge on any atom is 0.164 e. The van der Waals surface area contributed by atoms with Crippen molar-refractivity contribution in [2.45, 2.75) is 32.5 Å². The first-order valence-corrected chi connectivity index (χ1v) is 6.42. The summed E-state index contributed by atoms with van der Waals surface area (Å²) in [6.45, 7) is 3.34. The van der Waals surface area contributed by atoms with Crippen molar-refractivity contribution in [3.05, 3.63) is 21.9 Å². The number of Topliss-reactive ketones (excluding diaryl/α,β-unsaturated/α-hetero) is 1. The monoisotopic (exact) mass is 240 g/mol. The third-order valence-electron chi connectivity index (χ3n) is 2.52. The second kappa shape index (κ2) is 5.57. The Labute approximate surface area is 99.4 Å². The Morgan fingerprint density at radius 2 is 2.06 bits per heavy atom. The fourth-order valence-corrected chi connectivity index (χ4v) is 2.67. The van der Waals surface area contributed by atoms with Crippen LogP contribution in [0.3, 0.4) is 0 Å². The van der Waals surface area contributed by atoms with Gasteiger partial charge in [0.05, 0.1) is 19.6 Å². The van der Waals surface area contributed by atoms with E-state index in [1.165, 1.54) is 4.88 Å². The van der Waals surface area contributed by atoms with Crippen molar-refractivity contribution < 1.29 is 14.3 Å². The van der Waals surface area contributed by atoms with Crippen LogP contribution in [0.1, 0.15) is 23.1 Å². The van der Waals surface area contributed by atoms with E-state index in [1.807, 2.05) is 6.07 Å². The predicted octanol–water partition coefficient (Wildman–Crippen LogP) is 2.19. The lowest BCUT2D eigenvalue weighted by Gasteiger charge is -2.06. The van der Waals surface area contributed by atoms with Crippen LogP contribution in [-0.2, 0) is 27.1 Å². The summed E-state index contributed by atoms with van der Waals surface area (Å²) in [6, 6.07) is 4.13. The lowest BCUT2D eigenvalue weighted by Crippen LogP contribution is -2.15. The van der Waals surface area contributed by atoms with Crippen LogP contribution < -0.4 is 0 Å². The van der Waals surface area contributed by atoms with Crippen LogP contribution >= 0.6 is 11.3 Å². The summed E-state index contributed by atoms with van der Waals surface area (Å²) >= 11 is 1.72. The van der Waals surface area contributed by atoms with Crippen LogP contribution in [0.5, 0.6) is 0 Å². The zero-order chi connectivity index (χ0) is 11.4. The number of ketones is 1. The Morgan fingerprint density at radius 1 is 1.38 bits per heavy atom. The van der Waals surface area contributed by atoms with Gasteiger partial charge in [-0.25, -0.2) is 0 Å². The molecule has 2 heterocycles. The molecule has 0 atom stereocenters. The largest absolute Gasteiger partial charge is 0.350 e. The molecule has 16 heavy (non-hydrogen) atoms. The summed E-state index contributed by atoms with van der Waals surface area (Å²) in [5, 5.41) is 0. The van der Waals surface area contributed by atoms with Gasteiger partial charge in [-0.05, 0) is 18.6 Å². The average molecular weight is 240 g/mol. The SMILES string of the molecule is CCc1ccc(CC(=O)CC2OCCO2)s1. The van der Waals surface area contributed by atoms with Gasteiger partial charge >= 0.3 is 0 Å². The van der Waals surface area contributed by atoms with Gasteiger partial charge in [-0.15, -0.1) is 11.3 Å². The molecule has 1 aromatic rings. The molecule has 0 aliphatic carbocycles. The summed E-state index contributed by atoms with van der Waals surface area (Å²) in [6.07, 6.45) is 1.61. The van der Waals surface area contributed by atoms with Crippen molar-refractivity contribution in [2.75, 3.05) is 13.2 Å². The first kappa shape index (κ1) is 11.8. The minimum atomic E-state index is -0.307. The first-order valence-electron chi connectivity index (χ1n) is 5.60. The summed E-state index contributed by atoms with van der Waals surface area (Å²) in [7, 11) is 0. The van der Waals surface area contributed by atoms with Crippen molar-refractivity contribution in [3.63, 3.8) is 0 Å². The molecule has 0 unspecified atom stereocenters. The van der Waals surface area contributed by atoms with Gasteiger partial charge in [0.1, 0.15) is 5.78 Å². The van der Waals surface area contributed by atoms with Crippen LogP contribution in [-0.4, -0.2) is 25.3 Å². The number of hydrogen-bond donors (Lipinski definition) is 0. The minimum absolute atomic E-state index is 0.191. The van der Waals surface area contributed by atoms with E-state index < -0.39 is 0 Å². The minimum Gasteiger partial charge on any atom is -0.350 e. The fourth-order valence-electron chi connectivity index (χ4n) is 1.68. The van der Waals surface area contributed by atoms with Crippen molar-refractivity contribution in [2.24, 2.45) is 0 Å². The second-order valence-corrected chi connectivity index (χ2v) is 5.07. The zero-order valence-corrected chi connectivity index (χ0v) is 10.2. The molecule has 0 spiro atoms. The van der Waals surface area contributed by atoms with Gasteiger partial charge in [0, 0.05) is 16.2 Å². The standard InChI is InChI=1S/C12H16O3S/c1-2-10-3-4-11(16-10)7-9(13)8-12-14-5-6-15-12/h3-4,12H,2,5-8H2,1H3. The van der Waals surface area contributed by atoms with Crippen molar-refractivity contribution in [1.29, 1.82) is 0 Å². The summed E-state index contributed by atoms with van der Waals surface area (Å²) in [4.78, 5) is 14.2. The molecule has 0 bridgehead atoms. The van der Waals surface area contributed by atoms with E-state index in [0.29, 0.717) is 26.1 Å².